The molecule has 3 fully saturated rings. The van der Waals surface area contributed by atoms with Crippen LogP contribution in [-0.4, -0.2) is 98.5 Å². The fraction of sp³-hybridized carbons (Fsp3) is 1.00. The largest absolute Gasteiger partial charge is 0.379 e. The van der Waals surface area contributed by atoms with Gasteiger partial charge in [0, 0.05) is 44.2 Å². The monoisotopic (exact) mass is 321 g/mol. The maximum atomic E-state index is 12.0. The first kappa shape index (κ1) is 15.1. The van der Waals surface area contributed by atoms with Crippen molar-refractivity contribution in [2.75, 3.05) is 68.9 Å². The van der Waals surface area contributed by atoms with Crippen LogP contribution in [0.1, 0.15) is 0 Å². The molecular weight excluding hydrogens is 298 g/mol. The lowest BCUT2D eigenvalue weighted by Gasteiger charge is -2.48. The molecule has 20 heavy (non-hydrogen) atoms. The maximum Gasteiger partial charge on any atom is 0.154 e. The number of sulfone groups is 1. The van der Waals surface area contributed by atoms with E-state index in [9.17, 15) is 8.42 Å². The smallest absolute Gasteiger partial charge is 0.154 e. The summed E-state index contributed by atoms with van der Waals surface area (Å²) in [5.41, 5.74) is 0. The summed E-state index contributed by atoms with van der Waals surface area (Å²) in [6.07, 6.45) is 0.000694. The molecule has 0 N–H and O–H groups in total. The number of hydrogen-bond donors (Lipinski definition) is 0. The molecule has 0 radical (unpaired) electrons. The molecule has 3 rings (SSSR count). The normalized spacial score (nSPS) is 34.1. The highest BCUT2D eigenvalue weighted by atomic mass is 32.2. The Bertz CT molecular complexity index is 420. The minimum Gasteiger partial charge on any atom is -0.379 e. The molecule has 0 aliphatic carbocycles. The van der Waals surface area contributed by atoms with E-state index in [4.69, 9.17) is 4.74 Å². The van der Waals surface area contributed by atoms with Gasteiger partial charge in [0.05, 0.1) is 30.9 Å². The Hall–Kier alpha value is 0.140. The molecule has 0 saturated carbocycles. The molecule has 0 amide bonds. The second-order valence-corrected chi connectivity index (χ2v) is 8.93. The van der Waals surface area contributed by atoms with Gasteiger partial charge in [-0.05, 0) is 0 Å². The highest BCUT2D eigenvalue weighted by molar-refractivity contribution is 7.99. The summed E-state index contributed by atoms with van der Waals surface area (Å²) in [6.45, 7) is 5.78. The van der Waals surface area contributed by atoms with Crippen LogP contribution in [0.4, 0.5) is 0 Å². The summed E-state index contributed by atoms with van der Waals surface area (Å²) in [6, 6.07) is 0. The van der Waals surface area contributed by atoms with Crippen LogP contribution in [0.25, 0.3) is 0 Å². The van der Waals surface area contributed by atoms with E-state index in [-0.39, 0.29) is 17.7 Å². The molecule has 0 aromatic carbocycles. The summed E-state index contributed by atoms with van der Waals surface area (Å²) in [5, 5.41) is 4.68. The highest BCUT2D eigenvalue weighted by Crippen LogP contribution is 2.21. The van der Waals surface area contributed by atoms with Gasteiger partial charge in [-0.25, -0.2) is 18.4 Å². The van der Waals surface area contributed by atoms with Crippen LogP contribution < -0.4 is 0 Å². The maximum absolute atomic E-state index is 12.0. The van der Waals surface area contributed by atoms with Gasteiger partial charge in [-0.3, -0.25) is 4.90 Å². The molecule has 8 heteroatoms. The van der Waals surface area contributed by atoms with Crippen molar-refractivity contribution in [3.63, 3.8) is 0 Å². The molecule has 3 saturated heterocycles. The lowest BCUT2D eigenvalue weighted by Crippen LogP contribution is -2.65. The van der Waals surface area contributed by atoms with Gasteiger partial charge in [0.25, 0.3) is 0 Å². The van der Waals surface area contributed by atoms with Crippen LogP contribution in [-0.2, 0) is 14.6 Å². The van der Waals surface area contributed by atoms with Crippen molar-refractivity contribution in [1.29, 1.82) is 0 Å². The molecule has 116 valence electrons. The highest BCUT2D eigenvalue weighted by Gasteiger charge is 2.38. The first-order chi connectivity index (χ1) is 9.66. The fourth-order valence-corrected chi connectivity index (χ4v) is 5.44. The second kappa shape index (κ2) is 6.50. The zero-order valence-corrected chi connectivity index (χ0v) is 13.4. The molecule has 1 atom stereocenters. The zero-order valence-electron chi connectivity index (χ0n) is 11.7. The zero-order chi connectivity index (χ0) is 14.0. The van der Waals surface area contributed by atoms with Crippen LogP contribution in [0.2, 0.25) is 0 Å². The third-order valence-electron chi connectivity index (χ3n) is 4.20. The Kier molecular flexibility index (Phi) is 4.89. The van der Waals surface area contributed by atoms with E-state index in [1.54, 1.807) is 0 Å². The van der Waals surface area contributed by atoms with Crippen molar-refractivity contribution < 1.29 is 13.2 Å². The topological polar surface area (TPSA) is 53.1 Å². The van der Waals surface area contributed by atoms with Crippen molar-refractivity contribution in [3.05, 3.63) is 0 Å². The van der Waals surface area contributed by atoms with E-state index in [0.717, 1.165) is 37.7 Å². The number of ether oxygens (including phenoxy) is 1. The first-order valence-electron chi connectivity index (χ1n) is 7.27. The molecule has 3 aliphatic rings. The number of rotatable bonds is 2. The molecule has 3 heterocycles. The van der Waals surface area contributed by atoms with Crippen molar-refractivity contribution >= 4 is 21.6 Å². The van der Waals surface area contributed by atoms with Crippen LogP contribution in [0.3, 0.4) is 0 Å². The summed E-state index contributed by atoms with van der Waals surface area (Å²) in [7, 11) is -2.91. The van der Waals surface area contributed by atoms with Crippen molar-refractivity contribution in [2.45, 2.75) is 6.17 Å². The van der Waals surface area contributed by atoms with Gasteiger partial charge < -0.3 is 4.74 Å². The summed E-state index contributed by atoms with van der Waals surface area (Å²) < 4.78 is 29.4. The number of morpholine rings is 1. The van der Waals surface area contributed by atoms with E-state index in [2.05, 4.69) is 14.9 Å². The molecule has 6 nitrogen and oxygen atoms in total. The van der Waals surface area contributed by atoms with Crippen molar-refractivity contribution in [1.82, 2.24) is 14.9 Å². The number of nitrogens with zero attached hydrogens (tertiary/aromatic N) is 3. The van der Waals surface area contributed by atoms with Crippen LogP contribution in [0, 0.1) is 0 Å². The van der Waals surface area contributed by atoms with E-state index in [0.29, 0.717) is 19.8 Å². The Morgan fingerprint density at radius 3 is 2.40 bits per heavy atom. The van der Waals surface area contributed by atoms with E-state index in [1.807, 2.05) is 11.8 Å². The standard InChI is InChI=1S/C12H23N3O3S2/c16-20(17)10-5-15(14-3-8-19-9-4-14)12(11-20)13-1-6-18-7-2-13/h12H,1-11H2. The minimum absolute atomic E-state index is 0.000694. The quantitative estimate of drug-likeness (QED) is 0.669. The van der Waals surface area contributed by atoms with Crippen LogP contribution >= 0.6 is 11.8 Å². The fourth-order valence-electron chi connectivity index (χ4n) is 3.09. The third-order valence-corrected chi connectivity index (χ3v) is 6.75. The summed E-state index contributed by atoms with van der Waals surface area (Å²) in [5.74, 6) is 2.83. The van der Waals surface area contributed by atoms with Crippen LogP contribution in [0.15, 0.2) is 0 Å². The van der Waals surface area contributed by atoms with Gasteiger partial charge in [-0.15, -0.1) is 0 Å². The molecule has 0 spiro atoms. The Balaban J connectivity index is 1.74. The Morgan fingerprint density at radius 1 is 1.00 bits per heavy atom. The number of hydrogen-bond acceptors (Lipinski definition) is 7. The van der Waals surface area contributed by atoms with E-state index < -0.39 is 9.84 Å². The van der Waals surface area contributed by atoms with Crippen molar-refractivity contribution in [2.24, 2.45) is 0 Å². The van der Waals surface area contributed by atoms with Gasteiger partial charge in [-0.2, -0.15) is 11.8 Å². The van der Waals surface area contributed by atoms with Gasteiger partial charge in [-0.1, -0.05) is 0 Å². The molecule has 0 aromatic heterocycles. The first-order valence-corrected chi connectivity index (χ1v) is 10.2. The molecular formula is C12H23N3O3S2. The lowest BCUT2D eigenvalue weighted by molar-refractivity contribution is -0.119. The van der Waals surface area contributed by atoms with Gasteiger partial charge in [0.15, 0.2) is 9.84 Å². The summed E-state index contributed by atoms with van der Waals surface area (Å²) in [4.78, 5) is 2.28. The molecule has 3 aliphatic heterocycles. The minimum atomic E-state index is -2.91. The van der Waals surface area contributed by atoms with Gasteiger partial charge in [0.2, 0.25) is 0 Å². The number of thioether (sulfide) groups is 1. The van der Waals surface area contributed by atoms with Crippen molar-refractivity contribution in [3.8, 4) is 0 Å². The summed E-state index contributed by atoms with van der Waals surface area (Å²) >= 11 is 1.98. The number of hydrazine groups is 1. The molecule has 0 aromatic rings. The second-order valence-electron chi connectivity index (χ2n) is 5.47. The average molecular weight is 321 g/mol. The Morgan fingerprint density at radius 2 is 1.70 bits per heavy atom. The van der Waals surface area contributed by atoms with Gasteiger partial charge >= 0.3 is 0 Å². The lowest BCUT2D eigenvalue weighted by atomic mass is 10.3. The molecule has 0 bridgehead atoms. The SMILES string of the molecule is O=S1(=O)CCN(N2CCSCC2)C(N2CCOCC2)C1. The Labute approximate surface area is 125 Å². The third kappa shape index (κ3) is 3.48. The predicted octanol–water partition coefficient (Wildman–Crippen LogP) is -0.661. The van der Waals surface area contributed by atoms with Crippen LogP contribution in [0.5, 0.6) is 0 Å². The van der Waals surface area contributed by atoms with Gasteiger partial charge in [0.1, 0.15) is 0 Å². The molecule has 1 unspecified atom stereocenters. The van der Waals surface area contributed by atoms with E-state index >= 15 is 0 Å². The average Bonchev–Trinajstić information content (AvgIpc) is 2.48. The van der Waals surface area contributed by atoms with E-state index in [1.165, 1.54) is 0 Å². The predicted molar refractivity (Wildman–Crippen MR) is 80.4 cm³/mol.